The number of aryl methyl sites for hydroxylation is 1. The highest BCUT2D eigenvalue weighted by Crippen LogP contribution is 2.27. The Morgan fingerprint density at radius 2 is 2.00 bits per heavy atom. The van der Waals surface area contributed by atoms with E-state index in [1.807, 2.05) is 6.07 Å². The van der Waals surface area contributed by atoms with Gasteiger partial charge in [-0.25, -0.2) is 4.79 Å². The number of aliphatic imine (C=N–C) groups is 1. The highest BCUT2D eigenvalue weighted by Gasteiger charge is 2.13. The van der Waals surface area contributed by atoms with Gasteiger partial charge in [-0.2, -0.15) is 0 Å². The number of nitrogens with zero attached hydrogens (tertiary/aromatic N) is 2. The molecule has 0 atom stereocenters. The van der Waals surface area contributed by atoms with Crippen LogP contribution in [-0.4, -0.2) is 35.1 Å². The summed E-state index contributed by atoms with van der Waals surface area (Å²) in [4.78, 5) is 30.5. The van der Waals surface area contributed by atoms with Crippen LogP contribution in [0.5, 0.6) is 17.4 Å². The lowest BCUT2D eigenvalue weighted by Gasteiger charge is -2.12. The minimum absolute atomic E-state index is 0.0940. The van der Waals surface area contributed by atoms with Gasteiger partial charge in [0.2, 0.25) is 5.88 Å². The van der Waals surface area contributed by atoms with Crippen molar-refractivity contribution in [2.75, 3.05) is 14.2 Å². The highest BCUT2D eigenvalue weighted by molar-refractivity contribution is 5.81. The molecule has 0 fully saturated rings. The first-order valence-corrected chi connectivity index (χ1v) is 8.82. The quantitative estimate of drug-likeness (QED) is 0.557. The molecule has 0 saturated heterocycles. The Kier molecular flexibility index (Phi) is 6.18. The SMILES string of the molecule is COc1ccc(CCn2c(O)c(C=NCc3ccco3)c(=O)[nH]c2=O)cc1OC. The number of nitrogens with one attached hydrogen (secondary N) is 1. The summed E-state index contributed by atoms with van der Waals surface area (Å²) < 4.78 is 16.7. The van der Waals surface area contributed by atoms with Crippen molar-refractivity contribution in [2.24, 2.45) is 4.99 Å². The van der Waals surface area contributed by atoms with E-state index in [9.17, 15) is 14.7 Å². The van der Waals surface area contributed by atoms with Crippen LogP contribution in [-0.2, 0) is 19.5 Å². The number of hydrogen-bond donors (Lipinski definition) is 2. The van der Waals surface area contributed by atoms with Crippen LogP contribution in [0.15, 0.2) is 55.6 Å². The molecule has 0 saturated carbocycles. The third-order valence-corrected chi connectivity index (χ3v) is 4.33. The van der Waals surface area contributed by atoms with Gasteiger partial charge < -0.3 is 19.0 Å². The molecule has 0 aliphatic carbocycles. The fourth-order valence-corrected chi connectivity index (χ4v) is 2.81. The van der Waals surface area contributed by atoms with Crippen molar-refractivity contribution in [3.63, 3.8) is 0 Å². The number of methoxy groups -OCH3 is 2. The second kappa shape index (κ2) is 8.96. The van der Waals surface area contributed by atoms with E-state index < -0.39 is 17.1 Å². The van der Waals surface area contributed by atoms with Crippen LogP contribution in [0, 0.1) is 0 Å². The zero-order chi connectivity index (χ0) is 20.8. The first-order chi connectivity index (χ1) is 14.0. The van der Waals surface area contributed by atoms with Gasteiger partial charge in [0.1, 0.15) is 11.3 Å². The average Bonchev–Trinajstić information content (AvgIpc) is 3.23. The molecule has 2 N–H and O–H groups in total. The largest absolute Gasteiger partial charge is 0.494 e. The fourth-order valence-electron chi connectivity index (χ4n) is 2.81. The van der Waals surface area contributed by atoms with Crippen molar-refractivity contribution in [3.05, 3.63) is 74.3 Å². The molecule has 1 aromatic carbocycles. The zero-order valence-electron chi connectivity index (χ0n) is 16.0. The molecule has 0 aliphatic heterocycles. The number of H-pyrrole nitrogens is 1. The van der Waals surface area contributed by atoms with E-state index in [2.05, 4.69) is 9.98 Å². The summed E-state index contributed by atoms with van der Waals surface area (Å²) in [5.41, 5.74) is -0.633. The summed E-state index contributed by atoms with van der Waals surface area (Å²) in [6.45, 7) is 0.354. The lowest BCUT2D eigenvalue weighted by molar-refractivity contribution is 0.354. The molecule has 0 bridgehead atoms. The number of benzene rings is 1. The van der Waals surface area contributed by atoms with E-state index in [0.29, 0.717) is 23.7 Å². The van der Waals surface area contributed by atoms with Crippen LogP contribution in [0.1, 0.15) is 16.9 Å². The van der Waals surface area contributed by atoms with Crippen LogP contribution < -0.4 is 20.7 Å². The number of ether oxygens (including phenoxy) is 2. The van der Waals surface area contributed by atoms with Crippen molar-refractivity contribution in [1.29, 1.82) is 0 Å². The molecule has 29 heavy (non-hydrogen) atoms. The average molecular weight is 399 g/mol. The minimum Gasteiger partial charge on any atom is -0.494 e. The third-order valence-electron chi connectivity index (χ3n) is 4.33. The first-order valence-electron chi connectivity index (χ1n) is 8.82. The summed E-state index contributed by atoms with van der Waals surface area (Å²) in [6.07, 6.45) is 3.16. The molecule has 3 rings (SSSR count). The van der Waals surface area contributed by atoms with Crippen LogP contribution in [0.2, 0.25) is 0 Å². The fraction of sp³-hybridized carbons (Fsp3) is 0.250. The number of aromatic hydroxyl groups is 1. The summed E-state index contributed by atoms with van der Waals surface area (Å²) in [7, 11) is 3.08. The molecule has 9 nitrogen and oxygen atoms in total. The molecule has 0 spiro atoms. The lowest BCUT2D eigenvalue weighted by atomic mass is 10.1. The maximum Gasteiger partial charge on any atom is 0.331 e. The molecule has 2 heterocycles. The highest BCUT2D eigenvalue weighted by atomic mass is 16.5. The van der Waals surface area contributed by atoms with E-state index in [4.69, 9.17) is 13.9 Å². The number of aromatic nitrogens is 2. The van der Waals surface area contributed by atoms with Gasteiger partial charge in [-0.15, -0.1) is 0 Å². The van der Waals surface area contributed by atoms with Crippen LogP contribution in [0.3, 0.4) is 0 Å². The first kappa shape index (κ1) is 20.0. The molecular formula is C20H21N3O6. The summed E-state index contributed by atoms with van der Waals surface area (Å²) in [5, 5.41) is 10.5. The summed E-state index contributed by atoms with van der Waals surface area (Å²) >= 11 is 0. The Labute approximate surface area is 165 Å². The topological polar surface area (TPSA) is 119 Å². The standard InChI is InChI=1S/C20H21N3O6/c1-27-16-6-5-13(10-17(16)28-2)7-8-23-19(25)15(18(24)22-20(23)26)12-21-11-14-4-3-9-29-14/h3-6,9-10,12,25H,7-8,11H2,1-2H3,(H,22,24,26). The number of rotatable bonds is 8. The van der Waals surface area contributed by atoms with Gasteiger partial charge in [0.15, 0.2) is 11.5 Å². The Morgan fingerprint density at radius 3 is 2.69 bits per heavy atom. The van der Waals surface area contributed by atoms with Gasteiger partial charge >= 0.3 is 5.69 Å². The Hall–Kier alpha value is -3.75. The second-order valence-electron chi connectivity index (χ2n) is 6.14. The third kappa shape index (κ3) is 4.57. The zero-order valence-corrected chi connectivity index (χ0v) is 16.0. The van der Waals surface area contributed by atoms with Crippen molar-refractivity contribution in [3.8, 4) is 17.4 Å². The molecule has 9 heteroatoms. The van der Waals surface area contributed by atoms with Crippen LogP contribution in [0.25, 0.3) is 0 Å². The molecule has 0 amide bonds. The van der Waals surface area contributed by atoms with Gasteiger partial charge in [0.05, 0.1) is 27.0 Å². The maximum absolute atomic E-state index is 12.2. The second-order valence-corrected chi connectivity index (χ2v) is 6.14. The number of aromatic amines is 1. The minimum atomic E-state index is -0.710. The Balaban J connectivity index is 1.81. The van der Waals surface area contributed by atoms with Crippen molar-refractivity contribution in [2.45, 2.75) is 19.5 Å². The van der Waals surface area contributed by atoms with E-state index in [1.54, 1.807) is 31.4 Å². The maximum atomic E-state index is 12.2. The monoisotopic (exact) mass is 399 g/mol. The summed E-state index contributed by atoms with van der Waals surface area (Å²) in [5.74, 6) is 1.32. The summed E-state index contributed by atoms with van der Waals surface area (Å²) in [6, 6.07) is 8.85. The molecule has 0 radical (unpaired) electrons. The van der Waals surface area contributed by atoms with E-state index in [-0.39, 0.29) is 18.7 Å². The van der Waals surface area contributed by atoms with E-state index in [0.717, 1.165) is 10.1 Å². The van der Waals surface area contributed by atoms with Gasteiger partial charge in [-0.1, -0.05) is 6.07 Å². The van der Waals surface area contributed by atoms with Crippen LogP contribution in [0.4, 0.5) is 0 Å². The van der Waals surface area contributed by atoms with Crippen LogP contribution >= 0.6 is 0 Å². The number of furan rings is 1. The smallest absolute Gasteiger partial charge is 0.331 e. The predicted octanol–water partition coefficient (Wildman–Crippen LogP) is 1.71. The van der Waals surface area contributed by atoms with E-state index in [1.165, 1.54) is 19.6 Å². The normalized spacial score (nSPS) is 11.1. The molecule has 3 aromatic rings. The molecule has 0 unspecified atom stereocenters. The van der Waals surface area contributed by atoms with Gasteiger partial charge in [0.25, 0.3) is 5.56 Å². The molecule has 0 aliphatic rings. The lowest BCUT2D eigenvalue weighted by Crippen LogP contribution is -2.32. The van der Waals surface area contributed by atoms with Crippen molar-refractivity contribution < 1.29 is 19.0 Å². The van der Waals surface area contributed by atoms with Crippen molar-refractivity contribution >= 4 is 6.21 Å². The Morgan fingerprint density at radius 1 is 1.21 bits per heavy atom. The van der Waals surface area contributed by atoms with E-state index >= 15 is 0 Å². The van der Waals surface area contributed by atoms with Gasteiger partial charge in [0, 0.05) is 12.8 Å². The molecule has 152 valence electrons. The van der Waals surface area contributed by atoms with Crippen molar-refractivity contribution in [1.82, 2.24) is 9.55 Å². The van der Waals surface area contributed by atoms with Gasteiger partial charge in [-0.3, -0.25) is 19.3 Å². The predicted molar refractivity (Wildman–Crippen MR) is 106 cm³/mol. The molecule has 2 aromatic heterocycles. The Bertz CT molecular complexity index is 1110. The molecular weight excluding hydrogens is 378 g/mol. The van der Waals surface area contributed by atoms with Gasteiger partial charge in [-0.05, 0) is 36.2 Å². The number of hydrogen-bond acceptors (Lipinski definition) is 7.